The van der Waals surface area contributed by atoms with Crippen LogP contribution in [-0.2, 0) is 6.42 Å². The molecule has 1 heterocycles. The average Bonchev–Trinajstić information content (AvgIpc) is 2.60. The summed E-state index contributed by atoms with van der Waals surface area (Å²) < 4.78 is 5.78. The van der Waals surface area contributed by atoms with Gasteiger partial charge in [0, 0.05) is 18.4 Å². The molecular weight excluding hydrogens is 176 g/mol. The summed E-state index contributed by atoms with van der Waals surface area (Å²) in [5, 5.41) is 0. The quantitative estimate of drug-likeness (QED) is 0.785. The summed E-state index contributed by atoms with van der Waals surface area (Å²) in [4.78, 5) is 4.53. The third-order valence-electron chi connectivity index (χ3n) is 2.86. The fourth-order valence-corrected chi connectivity index (χ4v) is 2.00. The molecule has 0 amide bonds. The third-order valence-corrected chi connectivity index (χ3v) is 2.86. The highest BCUT2D eigenvalue weighted by Gasteiger charge is 2.25. The summed E-state index contributed by atoms with van der Waals surface area (Å²) in [6, 6.07) is 0. The fourth-order valence-electron chi connectivity index (χ4n) is 2.00. The van der Waals surface area contributed by atoms with Crippen molar-refractivity contribution in [2.45, 2.75) is 44.9 Å². The molecule has 14 heavy (non-hydrogen) atoms. The van der Waals surface area contributed by atoms with Gasteiger partial charge in [-0.1, -0.05) is 13.8 Å². The van der Waals surface area contributed by atoms with Crippen LogP contribution in [0.3, 0.4) is 0 Å². The second kappa shape index (κ2) is 3.73. The lowest BCUT2D eigenvalue weighted by atomic mass is 9.91. The van der Waals surface area contributed by atoms with Gasteiger partial charge in [0.2, 0.25) is 0 Å². The molecule has 1 unspecified atom stereocenters. The highest BCUT2D eigenvalue weighted by Crippen LogP contribution is 2.32. The SMILES string of the molecule is CC(C)c1nc2c(o1)C(CN)CCC2. The van der Waals surface area contributed by atoms with E-state index in [4.69, 9.17) is 10.2 Å². The van der Waals surface area contributed by atoms with E-state index in [2.05, 4.69) is 18.8 Å². The summed E-state index contributed by atoms with van der Waals surface area (Å²) in [5.74, 6) is 2.70. The van der Waals surface area contributed by atoms with E-state index in [1.807, 2.05) is 0 Å². The first-order valence-corrected chi connectivity index (χ1v) is 5.42. The number of hydrogen-bond acceptors (Lipinski definition) is 3. The van der Waals surface area contributed by atoms with Crippen LogP contribution in [0.15, 0.2) is 4.42 Å². The topological polar surface area (TPSA) is 52.0 Å². The van der Waals surface area contributed by atoms with Crippen molar-refractivity contribution in [1.82, 2.24) is 4.98 Å². The van der Waals surface area contributed by atoms with Gasteiger partial charge in [0.05, 0.1) is 5.69 Å². The molecule has 0 spiro atoms. The first-order valence-electron chi connectivity index (χ1n) is 5.42. The van der Waals surface area contributed by atoms with Gasteiger partial charge in [-0.15, -0.1) is 0 Å². The summed E-state index contributed by atoms with van der Waals surface area (Å²) in [5.41, 5.74) is 6.86. The molecule has 1 atom stereocenters. The maximum atomic E-state index is 5.78. The van der Waals surface area contributed by atoms with E-state index in [0.717, 1.165) is 30.2 Å². The smallest absolute Gasteiger partial charge is 0.197 e. The van der Waals surface area contributed by atoms with Gasteiger partial charge in [-0.05, 0) is 19.3 Å². The van der Waals surface area contributed by atoms with Crippen LogP contribution >= 0.6 is 0 Å². The molecule has 0 aliphatic heterocycles. The van der Waals surface area contributed by atoms with Gasteiger partial charge in [-0.25, -0.2) is 4.98 Å². The van der Waals surface area contributed by atoms with E-state index in [1.165, 1.54) is 6.42 Å². The molecule has 1 aliphatic rings. The number of oxazole rings is 1. The van der Waals surface area contributed by atoms with Crippen LogP contribution in [0.4, 0.5) is 0 Å². The maximum absolute atomic E-state index is 5.78. The summed E-state index contributed by atoms with van der Waals surface area (Å²) in [7, 11) is 0. The molecule has 1 aromatic rings. The number of fused-ring (bicyclic) bond motifs is 1. The van der Waals surface area contributed by atoms with Crippen LogP contribution in [0, 0.1) is 0 Å². The third kappa shape index (κ3) is 1.57. The van der Waals surface area contributed by atoms with E-state index in [9.17, 15) is 0 Å². The zero-order valence-electron chi connectivity index (χ0n) is 8.92. The lowest BCUT2D eigenvalue weighted by Gasteiger charge is -2.17. The van der Waals surface area contributed by atoms with E-state index in [-0.39, 0.29) is 0 Å². The molecule has 1 aliphatic carbocycles. The van der Waals surface area contributed by atoms with E-state index in [0.29, 0.717) is 18.4 Å². The first-order chi connectivity index (χ1) is 6.72. The van der Waals surface area contributed by atoms with Crippen molar-refractivity contribution in [1.29, 1.82) is 0 Å². The van der Waals surface area contributed by atoms with Crippen molar-refractivity contribution < 1.29 is 4.42 Å². The second-order valence-corrected chi connectivity index (χ2v) is 4.34. The van der Waals surface area contributed by atoms with Crippen LogP contribution < -0.4 is 5.73 Å². The first kappa shape index (κ1) is 9.71. The number of hydrogen-bond donors (Lipinski definition) is 1. The molecular formula is C11H18N2O. The molecule has 0 radical (unpaired) electrons. The van der Waals surface area contributed by atoms with E-state index in [1.54, 1.807) is 0 Å². The minimum Gasteiger partial charge on any atom is -0.445 e. The molecule has 1 aromatic heterocycles. The monoisotopic (exact) mass is 194 g/mol. The van der Waals surface area contributed by atoms with Crippen molar-refractivity contribution in [2.75, 3.05) is 6.54 Å². The van der Waals surface area contributed by atoms with Crippen LogP contribution in [0.25, 0.3) is 0 Å². The minimum absolute atomic E-state index is 0.374. The Morgan fingerprint density at radius 2 is 2.36 bits per heavy atom. The lowest BCUT2D eigenvalue weighted by molar-refractivity contribution is 0.387. The van der Waals surface area contributed by atoms with Crippen molar-refractivity contribution in [3.05, 3.63) is 17.3 Å². The zero-order valence-corrected chi connectivity index (χ0v) is 8.92. The van der Waals surface area contributed by atoms with Crippen molar-refractivity contribution in [2.24, 2.45) is 5.73 Å². The Labute approximate surface area is 84.7 Å². The van der Waals surface area contributed by atoms with Crippen molar-refractivity contribution >= 4 is 0 Å². The van der Waals surface area contributed by atoms with Crippen LogP contribution in [0.5, 0.6) is 0 Å². The van der Waals surface area contributed by atoms with Gasteiger partial charge in [-0.2, -0.15) is 0 Å². The Morgan fingerprint density at radius 1 is 1.57 bits per heavy atom. The predicted molar refractivity (Wildman–Crippen MR) is 55.3 cm³/mol. The lowest BCUT2D eigenvalue weighted by Crippen LogP contribution is -2.17. The highest BCUT2D eigenvalue weighted by molar-refractivity contribution is 5.19. The second-order valence-electron chi connectivity index (χ2n) is 4.34. The zero-order chi connectivity index (χ0) is 10.1. The number of nitrogens with two attached hydrogens (primary N) is 1. The van der Waals surface area contributed by atoms with Gasteiger partial charge in [0.25, 0.3) is 0 Å². The fraction of sp³-hybridized carbons (Fsp3) is 0.727. The van der Waals surface area contributed by atoms with E-state index < -0.39 is 0 Å². The normalized spacial score (nSPS) is 21.3. The molecule has 0 bridgehead atoms. The van der Waals surface area contributed by atoms with Gasteiger partial charge < -0.3 is 10.2 Å². The number of nitrogens with zero attached hydrogens (tertiary/aromatic N) is 1. The Morgan fingerprint density at radius 3 is 3.00 bits per heavy atom. The van der Waals surface area contributed by atoms with Crippen LogP contribution in [-0.4, -0.2) is 11.5 Å². The summed E-state index contributed by atoms with van der Waals surface area (Å²) >= 11 is 0. The van der Waals surface area contributed by atoms with Gasteiger partial charge in [0.1, 0.15) is 5.76 Å². The molecule has 3 nitrogen and oxygen atoms in total. The molecule has 2 N–H and O–H groups in total. The molecule has 0 saturated heterocycles. The molecule has 0 aromatic carbocycles. The molecule has 2 rings (SSSR count). The molecule has 0 fully saturated rings. The number of rotatable bonds is 2. The van der Waals surface area contributed by atoms with Gasteiger partial charge in [0.15, 0.2) is 5.89 Å². The molecule has 78 valence electrons. The Hall–Kier alpha value is -0.830. The van der Waals surface area contributed by atoms with Crippen LogP contribution in [0.2, 0.25) is 0 Å². The summed E-state index contributed by atoms with van der Waals surface area (Å²) in [6.07, 6.45) is 3.40. The highest BCUT2D eigenvalue weighted by atomic mass is 16.4. The van der Waals surface area contributed by atoms with E-state index >= 15 is 0 Å². The number of aromatic nitrogens is 1. The average molecular weight is 194 g/mol. The van der Waals surface area contributed by atoms with Crippen molar-refractivity contribution in [3.8, 4) is 0 Å². The van der Waals surface area contributed by atoms with Crippen molar-refractivity contribution in [3.63, 3.8) is 0 Å². The Bertz CT molecular complexity index is 317. The molecule has 3 heteroatoms. The van der Waals surface area contributed by atoms with Gasteiger partial charge in [-0.3, -0.25) is 0 Å². The summed E-state index contributed by atoms with van der Waals surface area (Å²) in [6.45, 7) is 4.89. The maximum Gasteiger partial charge on any atom is 0.197 e. The van der Waals surface area contributed by atoms with Crippen LogP contribution in [0.1, 0.15) is 55.9 Å². The Kier molecular flexibility index (Phi) is 2.59. The largest absolute Gasteiger partial charge is 0.445 e. The standard InChI is InChI=1S/C11H18N2O/c1-7(2)11-13-9-5-3-4-8(6-12)10(9)14-11/h7-8H,3-6,12H2,1-2H3. The number of aryl methyl sites for hydroxylation is 1. The minimum atomic E-state index is 0.374. The Balaban J connectivity index is 2.33. The molecule has 0 saturated carbocycles. The van der Waals surface area contributed by atoms with Gasteiger partial charge >= 0.3 is 0 Å². The predicted octanol–water partition coefficient (Wildman–Crippen LogP) is 2.18.